The summed E-state index contributed by atoms with van der Waals surface area (Å²) in [4.78, 5) is 11.6. The van der Waals surface area contributed by atoms with Gasteiger partial charge in [0.1, 0.15) is 6.04 Å². The highest BCUT2D eigenvalue weighted by Crippen LogP contribution is 2.40. The molecule has 1 aliphatic rings. The first kappa shape index (κ1) is 10.0. The maximum Gasteiger partial charge on any atom is 0.329 e. The Balaban J connectivity index is 2.42. The van der Waals surface area contributed by atoms with Gasteiger partial charge < -0.3 is 10.1 Å². The molecule has 1 aliphatic heterocycles. The number of carbonyl (C=O) groups is 1. The van der Waals surface area contributed by atoms with Gasteiger partial charge in [-0.05, 0) is 11.6 Å². The minimum absolute atomic E-state index is 0.212. The zero-order chi connectivity index (χ0) is 11.1. The molecule has 3 heteroatoms. The third kappa shape index (κ3) is 1.39. The van der Waals surface area contributed by atoms with E-state index in [1.165, 1.54) is 12.7 Å². The summed E-state index contributed by atoms with van der Waals surface area (Å²) in [5.41, 5.74) is 1.97. The van der Waals surface area contributed by atoms with E-state index in [-0.39, 0.29) is 17.4 Å². The van der Waals surface area contributed by atoms with Crippen LogP contribution in [0.5, 0.6) is 0 Å². The van der Waals surface area contributed by atoms with E-state index >= 15 is 0 Å². The molecule has 0 aromatic heterocycles. The highest BCUT2D eigenvalue weighted by molar-refractivity contribution is 5.85. The van der Waals surface area contributed by atoms with Gasteiger partial charge in [0.25, 0.3) is 0 Å². The van der Waals surface area contributed by atoms with E-state index in [1.54, 1.807) is 0 Å². The number of fused-ring (bicyclic) bond motifs is 1. The predicted molar refractivity (Wildman–Crippen MR) is 58.9 cm³/mol. The van der Waals surface area contributed by atoms with Crippen LogP contribution in [-0.4, -0.2) is 19.1 Å². The molecule has 0 radical (unpaired) electrons. The van der Waals surface area contributed by atoms with Gasteiger partial charge in [-0.2, -0.15) is 0 Å². The van der Waals surface area contributed by atoms with E-state index < -0.39 is 0 Å². The van der Waals surface area contributed by atoms with Gasteiger partial charge in [-0.15, -0.1) is 0 Å². The lowest BCUT2D eigenvalue weighted by Crippen LogP contribution is -2.41. The average molecular weight is 205 g/mol. The summed E-state index contributed by atoms with van der Waals surface area (Å²) >= 11 is 0. The van der Waals surface area contributed by atoms with Gasteiger partial charge in [0.2, 0.25) is 0 Å². The molecule has 1 N–H and O–H groups in total. The summed E-state index contributed by atoms with van der Waals surface area (Å²) in [7, 11) is 1.42. The van der Waals surface area contributed by atoms with Crippen molar-refractivity contribution < 1.29 is 9.53 Å². The minimum atomic E-state index is -0.292. The lowest BCUT2D eigenvalue weighted by Gasteiger charge is -2.25. The van der Waals surface area contributed by atoms with Crippen molar-refractivity contribution in [2.75, 3.05) is 12.4 Å². The van der Waals surface area contributed by atoms with Crippen molar-refractivity contribution in [2.45, 2.75) is 25.3 Å². The van der Waals surface area contributed by atoms with Gasteiger partial charge in [-0.3, -0.25) is 0 Å². The Morgan fingerprint density at radius 3 is 2.67 bits per heavy atom. The van der Waals surface area contributed by atoms with E-state index in [1.807, 2.05) is 38.1 Å². The number of esters is 1. The summed E-state index contributed by atoms with van der Waals surface area (Å²) in [5, 5.41) is 3.20. The maximum atomic E-state index is 11.6. The summed E-state index contributed by atoms with van der Waals surface area (Å²) in [6.07, 6.45) is 0. The van der Waals surface area contributed by atoms with Crippen LogP contribution in [0.4, 0.5) is 5.69 Å². The third-order valence-electron chi connectivity index (χ3n) is 3.08. The standard InChI is InChI=1S/C12H15NO2/c1-12(2)8-6-4-5-7-9(8)13-10(12)11(14)15-3/h4-7,10,13H,1-3H3/t10-/m1/s1. The fourth-order valence-corrected chi connectivity index (χ4v) is 2.13. The van der Waals surface area contributed by atoms with Crippen LogP contribution < -0.4 is 5.32 Å². The normalized spacial score (nSPS) is 21.7. The highest BCUT2D eigenvalue weighted by atomic mass is 16.5. The quantitative estimate of drug-likeness (QED) is 0.712. The molecule has 0 aliphatic carbocycles. The average Bonchev–Trinajstić information content (AvgIpc) is 2.51. The van der Waals surface area contributed by atoms with Crippen LogP contribution in [0, 0.1) is 0 Å². The zero-order valence-electron chi connectivity index (χ0n) is 9.20. The van der Waals surface area contributed by atoms with E-state index in [4.69, 9.17) is 4.74 Å². The van der Waals surface area contributed by atoms with Crippen LogP contribution >= 0.6 is 0 Å². The monoisotopic (exact) mass is 205 g/mol. The molecule has 0 fully saturated rings. The van der Waals surface area contributed by atoms with Crippen molar-refractivity contribution in [2.24, 2.45) is 0 Å². The molecule has 0 spiro atoms. The number of ether oxygens (including phenoxy) is 1. The molecule has 3 nitrogen and oxygen atoms in total. The van der Waals surface area contributed by atoms with Gasteiger partial charge in [0, 0.05) is 11.1 Å². The second-order valence-electron chi connectivity index (χ2n) is 4.37. The van der Waals surface area contributed by atoms with Crippen LogP contribution in [0.2, 0.25) is 0 Å². The molecule has 1 aromatic rings. The fraction of sp³-hybridized carbons (Fsp3) is 0.417. The summed E-state index contributed by atoms with van der Waals surface area (Å²) < 4.78 is 4.80. The van der Waals surface area contributed by atoms with Gasteiger partial charge >= 0.3 is 5.97 Å². The van der Waals surface area contributed by atoms with Gasteiger partial charge in [-0.1, -0.05) is 32.0 Å². The SMILES string of the molecule is COC(=O)[C@H]1Nc2ccccc2C1(C)C. The van der Waals surface area contributed by atoms with Crippen molar-refractivity contribution in [3.05, 3.63) is 29.8 Å². The number of methoxy groups -OCH3 is 1. The molecule has 1 atom stereocenters. The largest absolute Gasteiger partial charge is 0.467 e. The van der Waals surface area contributed by atoms with E-state index in [2.05, 4.69) is 5.32 Å². The summed E-state index contributed by atoms with van der Waals surface area (Å²) in [5.74, 6) is -0.212. The first-order valence-corrected chi connectivity index (χ1v) is 5.01. The van der Waals surface area contributed by atoms with Gasteiger partial charge in [0.15, 0.2) is 0 Å². The van der Waals surface area contributed by atoms with Crippen LogP contribution in [-0.2, 0) is 14.9 Å². The number of hydrogen-bond acceptors (Lipinski definition) is 3. The molecule has 0 amide bonds. The Morgan fingerprint density at radius 1 is 1.40 bits per heavy atom. The smallest absolute Gasteiger partial charge is 0.329 e. The number of anilines is 1. The first-order chi connectivity index (χ1) is 7.07. The molecule has 15 heavy (non-hydrogen) atoms. The van der Waals surface area contributed by atoms with E-state index in [0.717, 1.165) is 5.69 Å². The Bertz CT molecular complexity index is 398. The minimum Gasteiger partial charge on any atom is -0.467 e. The fourth-order valence-electron chi connectivity index (χ4n) is 2.13. The molecule has 0 unspecified atom stereocenters. The van der Waals surface area contributed by atoms with Crippen LogP contribution in [0.25, 0.3) is 0 Å². The van der Waals surface area contributed by atoms with E-state index in [0.29, 0.717) is 0 Å². The molecule has 1 aromatic carbocycles. The van der Waals surface area contributed by atoms with Crippen molar-refractivity contribution in [3.63, 3.8) is 0 Å². The molecular formula is C12H15NO2. The lowest BCUT2D eigenvalue weighted by molar-refractivity contribution is -0.142. The molecule has 0 saturated carbocycles. The summed E-state index contributed by atoms with van der Waals surface area (Å²) in [6, 6.07) is 7.69. The predicted octanol–water partition coefficient (Wildman–Crippen LogP) is 1.93. The van der Waals surface area contributed by atoms with Gasteiger partial charge in [0.05, 0.1) is 7.11 Å². The van der Waals surface area contributed by atoms with Crippen molar-refractivity contribution >= 4 is 11.7 Å². The van der Waals surface area contributed by atoms with Crippen molar-refractivity contribution in [1.29, 1.82) is 0 Å². The second-order valence-corrected chi connectivity index (χ2v) is 4.37. The molecule has 80 valence electrons. The Labute approximate surface area is 89.4 Å². The topological polar surface area (TPSA) is 38.3 Å². The maximum absolute atomic E-state index is 11.6. The number of carbonyl (C=O) groups excluding carboxylic acids is 1. The molecule has 2 rings (SSSR count). The first-order valence-electron chi connectivity index (χ1n) is 5.01. The van der Waals surface area contributed by atoms with Crippen LogP contribution in [0.15, 0.2) is 24.3 Å². The van der Waals surface area contributed by atoms with Gasteiger partial charge in [-0.25, -0.2) is 4.79 Å². The Morgan fingerprint density at radius 2 is 2.07 bits per heavy atom. The number of para-hydroxylation sites is 1. The number of hydrogen-bond donors (Lipinski definition) is 1. The third-order valence-corrected chi connectivity index (χ3v) is 3.08. The van der Waals surface area contributed by atoms with Crippen LogP contribution in [0.1, 0.15) is 19.4 Å². The molecule has 0 bridgehead atoms. The Kier molecular flexibility index (Phi) is 2.18. The van der Waals surface area contributed by atoms with Crippen molar-refractivity contribution in [3.8, 4) is 0 Å². The molecule has 1 heterocycles. The lowest BCUT2D eigenvalue weighted by atomic mass is 9.81. The highest BCUT2D eigenvalue weighted by Gasteiger charge is 2.43. The number of nitrogens with one attached hydrogen (secondary N) is 1. The summed E-state index contributed by atoms with van der Waals surface area (Å²) in [6.45, 7) is 4.10. The van der Waals surface area contributed by atoms with Crippen LogP contribution in [0.3, 0.4) is 0 Å². The number of benzene rings is 1. The molecular weight excluding hydrogens is 190 g/mol. The second kappa shape index (κ2) is 3.26. The van der Waals surface area contributed by atoms with Crippen molar-refractivity contribution in [1.82, 2.24) is 0 Å². The Hall–Kier alpha value is -1.51. The van der Waals surface area contributed by atoms with E-state index in [9.17, 15) is 4.79 Å². The number of rotatable bonds is 1. The molecule has 0 saturated heterocycles. The zero-order valence-corrected chi connectivity index (χ0v) is 9.20.